The molecular formula is C21H20BrN3O3. The highest BCUT2D eigenvalue weighted by atomic mass is 79.9. The van der Waals surface area contributed by atoms with Crippen LogP contribution in [0.25, 0.3) is 11.4 Å². The Morgan fingerprint density at radius 2 is 2.07 bits per heavy atom. The molecule has 1 atom stereocenters. The number of rotatable bonds is 6. The van der Waals surface area contributed by atoms with E-state index in [1.165, 1.54) is 0 Å². The molecule has 3 aromatic rings. The van der Waals surface area contributed by atoms with Gasteiger partial charge in [-0.25, -0.2) is 0 Å². The number of likely N-dealkylation sites (tertiary alicyclic amines) is 1. The van der Waals surface area contributed by atoms with Crippen molar-refractivity contribution < 1.29 is 14.1 Å². The first-order valence-electron chi connectivity index (χ1n) is 9.25. The van der Waals surface area contributed by atoms with Gasteiger partial charge in [-0.15, -0.1) is 0 Å². The van der Waals surface area contributed by atoms with Gasteiger partial charge in [0.05, 0.1) is 6.61 Å². The van der Waals surface area contributed by atoms with Gasteiger partial charge in [-0.3, -0.25) is 4.79 Å². The van der Waals surface area contributed by atoms with Gasteiger partial charge in [-0.2, -0.15) is 4.98 Å². The van der Waals surface area contributed by atoms with Gasteiger partial charge in [-0.05, 0) is 43.2 Å². The molecule has 2 aromatic carbocycles. The quantitative estimate of drug-likeness (QED) is 0.551. The van der Waals surface area contributed by atoms with Crippen molar-refractivity contribution in [1.29, 1.82) is 0 Å². The molecule has 0 spiro atoms. The molecule has 28 heavy (non-hydrogen) atoms. The molecule has 1 unspecified atom stereocenters. The second-order valence-electron chi connectivity index (χ2n) is 6.62. The van der Waals surface area contributed by atoms with Crippen molar-refractivity contribution in [3.05, 3.63) is 64.5 Å². The molecule has 1 saturated heterocycles. The zero-order chi connectivity index (χ0) is 19.5. The van der Waals surface area contributed by atoms with Crippen LogP contribution in [0, 0.1) is 0 Å². The van der Waals surface area contributed by atoms with Crippen LogP contribution in [0.4, 0.5) is 0 Å². The Morgan fingerprint density at radius 1 is 1.25 bits per heavy atom. The van der Waals surface area contributed by atoms with E-state index < -0.39 is 0 Å². The molecule has 4 rings (SSSR count). The average molecular weight is 442 g/mol. The van der Waals surface area contributed by atoms with E-state index in [1.54, 1.807) is 0 Å². The van der Waals surface area contributed by atoms with Gasteiger partial charge in [0, 0.05) is 23.0 Å². The fourth-order valence-corrected chi connectivity index (χ4v) is 3.62. The summed E-state index contributed by atoms with van der Waals surface area (Å²) in [5, 5.41) is 4.12. The van der Waals surface area contributed by atoms with Crippen LogP contribution in [-0.2, 0) is 11.3 Å². The highest BCUT2D eigenvalue weighted by Crippen LogP contribution is 2.34. The topological polar surface area (TPSA) is 68.5 Å². The van der Waals surface area contributed by atoms with E-state index in [4.69, 9.17) is 9.26 Å². The lowest BCUT2D eigenvalue weighted by atomic mass is 10.1. The number of carbonyl (C=O) groups excluding carboxylic acids is 1. The second kappa shape index (κ2) is 8.14. The molecule has 0 bridgehead atoms. The Bertz CT molecular complexity index is 971. The highest BCUT2D eigenvalue weighted by Gasteiger charge is 2.36. The lowest BCUT2D eigenvalue weighted by Gasteiger charge is -2.22. The minimum atomic E-state index is -0.201. The van der Waals surface area contributed by atoms with Gasteiger partial charge in [0.25, 0.3) is 0 Å². The Balaban J connectivity index is 1.55. The van der Waals surface area contributed by atoms with Crippen LogP contribution < -0.4 is 4.74 Å². The van der Waals surface area contributed by atoms with E-state index in [1.807, 2.05) is 60.4 Å². The number of hydrogen-bond donors (Lipinski definition) is 0. The zero-order valence-electron chi connectivity index (χ0n) is 15.5. The molecule has 1 aromatic heterocycles. The van der Waals surface area contributed by atoms with Crippen molar-refractivity contribution >= 4 is 21.8 Å². The molecule has 0 aliphatic carbocycles. The first-order chi connectivity index (χ1) is 13.6. The predicted octanol–water partition coefficient (Wildman–Crippen LogP) is 4.76. The number of amides is 1. The van der Waals surface area contributed by atoms with Gasteiger partial charge in [0.1, 0.15) is 11.8 Å². The summed E-state index contributed by atoms with van der Waals surface area (Å²) in [6, 6.07) is 15.3. The third-order valence-electron chi connectivity index (χ3n) is 4.72. The molecule has 1 fully saturated rings. The summed E-state index contributed by atoms with van der Waals surface area (Å²) in [7, 11) is 0. The van der Waals surface area contributed by atoms with Crippen molar-refractivity contribution in [2.24, 2.45) is 0 Å². The minimum absolute atomic E-state index is 0.103. The number of aromatic nitrogens is 2. The third-order valence-corrected chi connectivity index (χ3v) is 5.25. The SMILES string of the molecule is CCOc1cccc(-c2noc(C3CCC(=O)N3Cc3ccc(Br)cc3)n2)c1. The van der Waals surface area contributed by atoms with Gasteiger partial charge < -0.3 is 14.2 Å². The van der Waals surface area contributed by atoms with E-state index in [-0.39, 0.29) is 11.9 Å². The van der Waals surface area contributed by atoms with E-state index in [0.29, 0.717) is 37.7 Å². The maximum absolute atomic E-state index is 12.4. The van der Waals surface area contributed by atoms with Gasteiger partial charge in [0.15, 0.2) is 0 Å². The largest absolute Gasteiger partial charge is 0.494 e. The molecule has 6 nitrogen and oxygen atoms in total. The second-order valence-corrected chi connectivity index (χ2v) is 7.54. The number of carbonyl (C=O) groups is 1. The summed E-state index contributed by atoms with van der Waals surface area (Å²) in [5.41, 5.74) is 1.89. The lowest BCUT2D eigenvalue weighted by molar-refractivity contribution is -0.129. The molecule has 1 amide bonds. The first kappa shape index (κ1) is 18.7. The molecule has 1 aliphatic rings. The number of halogens is 1. The van der Waals surface area contributed by atoms with Crippen molar-refractivity contribution in [3.8, 4) is 17.1 Å². The smallest absolute Gasteiger partial charge is 0.249 e. The molecule has 144 valence electrons. The monoisotopic (exact) mass is 441 g/mol. The van der Waals surface area contributed by atoms with Crippen LogP contribution in [0.15, 0.2) is 57.5 Å². The van der Waals surface area contributed by atoms with Crippen molar-refractivity contribution in [2.75, 3.05) is 6.61 Å². The predicted molar refractivity (Wildman–Crippen MR) is 108 cm³/mol. The number of nitrogens with zero attached hydrogens (tertiary/aromatic N) is 3. The standard InChI is InChI=1S/C21H20BrN3O3/c1-2-27-17-5-3-4-15(12-17)20-23-21(28-24-20)18-10-11-19(26)25(18)13-14-6-8-16(22)9-7-14/h3-9,12,18H,2,10-11,13H2,1H3. The summed E-state index contributed by atoms with van der Waals surface area (Å²) in [6.07, 6.45) is 1.16. The minimum Gasteiger partial charge on any atom is -0.494 e. The normalized spacial score (nSPS) is 16.6. The van der Waals surface area contributed by atoms with Crippen LogP contribution >= 0.6 is 15.9 Å². The highest BCUT2D eigenvalue weighted by molar-refractivity contribution is 9.10. The molecule has 1 aliphatic heterocycles. The van der Waals surface area contributed by atoms with Crippen molar-refractivity contribution in [1.82, 2.24) is 15.0 Å². The van der Waals surface area contributed by atoms with Crippen molar-refractivity contribution in [2.45, 2.75) is 32.4 Å². The summed E-state index contributed by atoms with van der Waals surface area (Å²) in [6.45, 7) is 3.06. The molecule has 0 saturated carbocycles. The molecule has 2 heterocycles. The van der Waals surface area contributed by atoms with E-state index >= 15 is 0 Å². The molecule has 7 heteroatoms. The summed E-state index contributed by atoms with van der Waals surface area (Å²) >= 11 is 3.44. The molecule has 0 N–H and O–H groups in total. The Morgan fingerprint density at radius 3 is 2.86 bits per heavy atom. The lowest BCUT2D eigenvalue weighted by Crippen LogP contribution is -2.27. The van der Waals surface area contributed by atoms with E-state index in [0.717, 1.165) is 21.3 Å². The van der Waals surface area contributed by atoms with E-state index in [9.17, 15) is 4.79 Å². The van der Waals surface area contributed by atoms with Crippen LogP contribution in [-0.4, -0.2) is 27.6 Å². The van der Waals surface area contributed by atoms with Crippen LogP contribution in [0.5, 0.6) is 5.75 Å². The van der Waals surface area contributed by atoms with Gasteiger partial charge in [-0.1, -0.05) is 45.4 Å². The van der Waals surface area contributed by atoms with Crippen molar-refractivity contribution in [3.63, 3.8) is 0 Å². The Kier molecular flexibility index (Phi) is 5.43. The molecular weight excluding hydrogens is 422 g/mol. The summed E-state index contributed by atoms with van der Waals surface area (Å²) < 4.78 is 12.1. The maximum Gasteiger partial charge on any atom is 0.249 e. The van der Waals surface area contributed by atoms with Crippen LogP contribution in [0.1, 0.15) is 37.3 Å². The summed E-state index contributed by atoms with van der Waals surface area (Å²) in [4.78, 5) is 18.8. The first-order valence-corrected chi connectivity index (χ1v) is 10.0. The molecule has 0 radical (unpaired) electrons. The third kappa shape index (κ3) is 3.94. The zero-order valence-corrected chi connectivity index (χ0v) is 17.1. The van der Waals surface area contributed by atoms with Crippen LogP contribution in [0.3, 0.4) is 0 Å². The van der Waals surface area contributed by atoms with Gasteiger partial charge >= 0.3 is 0 Å². The number of ether oxygens (including phenoxy) is 1. The fraction of sp³-hybridized carbons (Fsp3) is 0.286. The Hall–Kier alpha value is -2.67. The summed E-state index contributed by atoms with van der Waals surface area (Å²) in [5.74, 6) is 1.84. The Labute approximate surface area is 171 Å². The van der Waals surface area contributed by atoms with Gasteiger partial charge in [0.2, 0.25) is 17.6 Å². The number of benzene rings is 2. The van der Waals surface area contributed by atoms with Crippen LogP contribution in [0.2, 0.25) is 0 Å². The average Bonchev–Trinajstić information content (AvgIpc) is 3.32. The number of hydrogen-bond acceptors (Lipinski definition) is 5. The maximum atomic E-state index is 12.4. The van der Waals surface area contributed by atoms with E-state index in [2.05, 4.69) is 26.1 Å². The fourth-order valence-electron chi connectivity index (χ4n) is 3.35.